The van der Waals surface area contributed by atoms with Crippen molar-refractivity contribution in [2.45, 2.75) is 83.9 Å². The predicted octanol–water partition coefficient (Wildman–Crippen LogP) is 6.49. The van der Waals surface area contributed by atoms with E-state index < -0.39 is 0 Å². The van der Waals surface area contributed by atoms with E-state index in [9.17, 15) is 4.79 Å². The minimum Gasteiger partial charge on any atom is -0.447 e. The van der Waals surface area contributed by atoms with Gasteiger partial charge in [-0.05, 0) is 55.2 Å². The third-order valence-corrected chi connectivity index (χ3v) is 9.22. The molecule has 0 amide bonds. The highest BCUT2D eigenvalue weighted by Crippen LogP contribution is 2.49. The minimum absolute atomic E-state index is 0.00482. The largest absolute Gasteiger partial charge is 0.447 e. The Morgan fingerprint density at radius 3 is 2.55 bits per heavy atom. The van der Waals surface area contributed by atoms with Crippen LogP contribution in [-0.4, -0.2) is 17.1 Å². The molecule has 0 aliphatic carbocycles. The highest BCUT2D eigenvalue weighted by molar-refractivity contribution is 5.86. The highest BCUT2D eigenvalue weighted by Gasteiger charge is 2.57. The molecule has 0 bridgehead atoms. The SMILES string of the molecule is CCCCc1ccc(-c2ccc3c(c2)-c2c(C)ccc[n+]2C(CC)(CC)C3C2C[n+]3ccccc3C(=O)O2)cn1. The number of aromatic nitrogens is 3. The molecule has 0 spiro atoms. The molecular formula is C35H39N3O2+2. The van der Waals surface area contributed by atoms with Crippen molar-refractivity contribution in [2.75, 3.05) is 0 Å². The van der Waals surface area contributed by atoms with E-state index in [0.29, 0.717) is 12.2 Å². The molecule has 4 aromatic rings. The van der Waals surface area contributed by atoms with Gasteiger partial charge in [0.05, 0.1) is 11.5 Å². The number of unbranched alkanes of at least 4 members (excludes halogenated alkanes) is 1. The third-order valence-electron chi connectivity index (χ3n) is 9.22. The number of pyridine rings is 3. The summed E-state index contributed by atoms with van der Waals surface area (Å²) in [5.41, 5.74) is 8.78. The predicted molar refractivity (Wildman–Crippen MR) is 156 cm³/mol. The van der Waals surface area contributed by atoms with Crippen LogP contribution < -0.4 is 9.13 Å². The Bertz CT molecular complexity index is 1560. The molecule has 1 aromatic carbocycles. The average Bonchev–Trinajstić information content (AvgIpc) is 2.99. The molecule has 2 aliphatic heterocycles. The monoisotopic (exact) mass is 533 g/mol. The van der Waals surface area contributed by atoms with E-state index in [1.165, 1.54) is 28.8 Å². The second-order valence-corrected chi connectivity index (χ2v) is 11.3. The van der Waals surface area contributed by atoms with Crippen LogP contribution in [0.4, 0.5) is 0 Å². The van der Waals surface area contributed by atoms with Gasteiger partial charge in [-0.2, -0.15) is 9.13 Å². The van der Waals surface area contributed by atoms with Gasteiger partial charge in [-0.25, -0.2) is 4.79 Å². The Morgan fingerprint density at radius 2 is 1.80 bits per heavy atom. The molecular weight excluding hydrogens is 494 g/mol. The van der Waals surface area contributed by atoms with Crippen molar-refractivity contribution in [1.82, 2.24) is 4.98 Å². The van der Waals surface area contributed by atoms with Crippen molar-refractivity contribution in [3.8, 4) is 22.4 Å². The lowest BCUT2D eigenvalue weighted by atomic mass is 9.67. The van der Waals surface area contributed by atoms with Crippen molar-refractivity contribution in [3.63, 3.8) is 0 Å². The van der Waals surface area contributed by atoms with Gasteiger partial charge >= 0.3 is 5.97 Å². The van der Waals surface area contributed by atoms with Gasteiger partial charge in [0, 0.05) is 54.1 Å². The van der Waals surface area contributed by atoms with E-state index in [1.54, 1.807) is 0 Å². The van der Waals surface area contributed by atoms with Gasteiger partial charge < -0.3 is 4.74 Å². The van der Waals surface area contributed by atoms with E-state index in [-0.39, 0.29) is 23.5 Å². The molecule has 3 aromatic heterocycles. The number of ether oxygens (including phenoxy) is 1. The molecule has 2 atom stereocenters. The standard InChI is InChI=1S/C35H39N3O2/c1-5-8-13-27-17-15-26(22-36-27)25-16-18-28-29(21-25)33-24(4)12-11-20-38(33)35(6-2,7-3)32(28)31-23-37-19-10-9-14-30(37)34(39)40-31/h9-12,14-22,31-32H,5-8,13,23H2,1-4H3/q+2. The third kappa shape index (κ3) is 4.23. The summed E-state index contributed by atoms with van der Waals surface area (Å²) >= 11 is 0. The molecule has 2 aliphatic rings. The topological polar surface area (TPSA) is 47.0 Å². The minimum atomic E-state index is -0.280. The van der Waals surface area contributed by atoms with Crippen LogP contribution in [0.15, 0.2) is 79.3 Å². The number of hydrogen-bond acceptors (Lipinski definition) is 3. The first-order chi connectivity index (χ1) is 19.5. The summed E-state index contributed by atoms with van der Waals surface area (Å²) in [5.74, 6) is -0.240. The van der Waals surface area contributed by atoms with Gasteiger partial charge in [0.25, 0.3) is 5.69 Å². The summed E-state index contributed by atoms with van der Waals surface area (Å²) in [6, 6.07) is 21.3. The van der Waals surface area contributed by atoms with Gasteiger partial charge in [0.1, 0.15) is 0 Å². The molecule has 40 heavy (non-hydrogen) atoms. The number of hydrogen-bond donors (Lipinski definition) is 0. The lowest BCUT2D eigenvalue weighted by molar-refractivity contribution is -0.768. The second-order valence-electron chi connectivity index (χ2n) is 11.3. The fourth-order valence-corrected chi connectivity index (χ4v) is 7.08. The summed E-state index contributed by atoms with van der Waals surface area (Å²) in [7, 11) is 0. The molecule has 204 valence electrons. The smallest absolute Gasteiger partial charge is 0.404 e. The number of cyclic esters (lactones) is 1. The van der Waals surface area contributed by atoms with Crippen LogP contribution in [0.1, 0.15) is 79.7 Å². The normalized spacial score (nSPS) is 18.9. The number of benzene rings is 1. The Morgan fingerprint density at radius 1 is 0.975 bits per heavy atom. The molecule has 2 unspecified atom stereocenters. The van der Waals surface area contributed by atoms with Crippen molar-refractivity contribution >= 4 is 5.97 Å². The van der Waals surface area contributed by atoms with Crippen LogP contribution in [0, 0.1) is 6.92 Å². The van der Waals surface area contributed by atoms with Crippen LogP contribution in [0.3, 0.4) is 0 Å². The van der Waals surface area contributed by atoms with Crippen LogP contribution in [0.5, 0.6) is 0 Å². The van der Waals surface area contributed by atoms with E-state index in [0.717, 1.165) is 42.5 Å². The van der Waals surface area contributed by atoms with Crippen molar-refractivity contribution in [2.24, 2.45) is 0 Å². The van der Waals surface area contributed by atoms with Gasteiger partial charge in [-0.1, -0.05) is 45.4 Å². The first-order valence-electron chi connectivity index (χ1n) is 14.8. The summed E-state index contributed by atoms with van der Waals surface area (Å²) in [5, 5.41) is 0. The quantitative estimate of drug-likeness (QED) is 0.201. The summed E-state index contributed by atoms with van der Waals surface area (Å²) in [6.07, 6.45) is 11.2. The number of esters is 1. The number of rotatable bonds is 7. The molecule has 5 nitrogen and oxygen atoms in total. The average molecular weight is 534 g/mol. The Labute approximate surface area is 237 Å². The highest BCUT2D eigenvalue weighted by atomic mass is 16.5. The number of aryl methyl sites for hydroxylation is 2. The summed E-state index contributed by atoms with van der Waals surface area (Å²) in [4.78, 5) is 18.0. The lowest BCUT2D eigenvalue weighted by Crippen LogP contribution is -2.66. The molecule has 0 saturated heterocycles. The Balaban J connectivity index is 1.51. The van der Waals surface area contributed by atoms with Crippen molar-refractivity contribution in [3.05, 3.63) is 102 Å². The Kier molecular flexibility index (Phi) is 6.99. The van der Waals surface area contributed by atoms with Gasteiger partial charge in [0.2, 0.25) is 5.69 Å². The Hall–Kier alpha value is -3.86. The zero-order valence-electron chi connectivity index (χ0n) is 24.1. The fourth-order valence-electron chi connectivity index (χ4n) is 7.08. The number of carbonyl (C=O) groups is 1. The molecule has 0 fully saturated rings. The maximum atomic E-state index is 13.2. The zero-order chi connectivity index (χ0) is 27.9. The van der Waals surface area contributed by atoms with Crippen LogP contribution >= 0.6 is 0 Å². The van der Waals surface area contributed by atoms with E-state index >= 15 is 0 Å². The first kappa shape index (κ1) is 26.4. The van der Waals surface area contributed by atoms with Crippen LogP contribution in [0.2, 0.25) is 0 Å². The molecule has 5 heteroatoms. The number of carbonyl (C=O) groups excluding carboxylic acids is 1. The van der Waals surface area contributed by atoms with Gasteiger partial charge in [-0.15, -0.1) is 0 Å². The van der Waals surface area contributed by atoms with E-state index in [1.807, 2.05) is 30.6 Å². The molecule has 0 radical (unpaired) electrons. The van der Waals surface area contributed by atoms with Crippen LogP contribution in [0.25, 0.3) is 22.4 Å². The summed E-state index contributed by atoms with van der Waals surface area (Å²) in [6.45, 7) is 9.60. The van der Waals surface area contributed by atoms with E-state index in [2.05, 4.69) is 85.5 Å². The van der Waals surface area contributed by atoms with Gasteiger partial charge in [0.15, 0.2) is 30.6 Å². The summed E-state index contributed by atoms with van der Waals surface area (Å²) < 4.78 is 10.8. The number of nitrogens with zero attached hydrogens (tertiary/aromatic N) is 3. The maximum absolute atomic E-state index is 13.2. The first-order valence-corrected chi connectivity index (χ1v) is 14.8. The number of fused-ring (bicyclic) bond motifs is 4. The molecule has 0 saturated carbocycles. The fraction of sp³-hybridized carbons (Fsp3) is 0.371. The van der Waals surface area contributed by atoms with Crippen molar-refractivity contribution in [1.29, 1.82) is 0 Å². The van der Waals surface area contributed by atoms with E-state index in [4.69, 9.17) is 9.72 Å². The zero-order valence-corrected chi connectivity index (χ0v) is 24.1. The van der Waals surface area contributed by atoms with Gasteiger partial charge in [-0.3, -0.25) is 4.98 Å². The molecule has 6 rings (SSSR count). The van der Waals surface area contributed by atoms with Crippen molar-refractivity contribution < 1.29 is 18.7 Å². The maximum Gasteiger partial charge on any atom is 0.404 e. The lowest BCUT2D eigenvalue weighted by Gasteiger charge is -2.43. The second kappa shape index (κ2) is 10.6. The molecule has 0 N–H and O–H groups in total. The molecule has 5 heterocycles. The van der Waals surface area contributed by atoms with Crippen LogP contribution in [-0.2, 0) is 23.2 Å².